The van der Waals surface area contributed by atoms with E-state index in [1.807, 2.05) is 36.2 Å². The molecule has 1 aromatic carbocycles. The number of benzene rings is 1. The zero-order valence-corrected chi connectivity index (χ0v) is 14.0. The van der Waals surface area contributed by atoms with Gasteiger partial charge in [0.25, 0.3) is 0 Å². The maximum absolute atomic E-state index is 12.6. The van der Waals surface area contributed by atoms with E-state index in [2.05, 4.69) is 5.32 Å². The van der Waals surface area contributed by atoms with Crippen LogP contribution in [-0.2, 0) is 4.79 Å². The fourth-order valence-corrected chi connectivity index (χ4v) is 3.58. The first kappa shape index (κ1) is 16.1. The van der Waals surface area contributed by atoms with E-state index in [9.17, 15) is 4.79 Å². The molecule has 5 nitrogen and oxygen atoms in total. The van der Waals surface area contributed by atoms with Gasteiger partial charge in [0.15, 0.2) is 11.5 Å². The number of hydrogen-bond donors (Lipinski definition) is 1. The van der Waals surface area contributed by atoms with Crippen molar-refractivity contribution < 1.29 is 14.3 Å². The van der Waals surface area contributed by atoms with Gasteiger partial charge in [0.1, 0.15) is 6.61 Å². The van der Waals surface area contributed by atoms with Crippen LogP contribution in [-0.4, -0.2) is 51.2 Å². The number of hydrogen-bond acceptors (Lipinski definition) is 4. The Hall–Kier alpha value is -1.75. The van der Waals surface area contributed by atoms with Crippen molar-refractivity contribution in [1.29, 1.82) is 0 Å². The molecule has 23 heavy (non-hydrogen) atoms. The third-order valence-corrected chi connectivity index (χ3v) is 5.22. The second kappa shape index (κ2) is 6.79. The van der Waals surface area contributed by atoms with Crippen LogP contribution in [0.4, 0.5) is 0 Å². The van der Waals surface area contributed by atoms with Gasteiger partial charge in [0.05, 0.1) is 13.7 Å². The van der Waals surface area contributed by atoms with Gasteiger partial charge in [0, 0.05) is 13.0 Å². The number of piperidine rings is 1. The zero-order valence-electron chi connectivity index (χ0n) is 14.0. The largest absolute Gasteiger partial charge is 0.493 e. The molecule has 1 aliphatic heterocycles. The van der Waals surface area contributed by atoms with Crippen LogP contribution in [0.3, 0.4) is 0 Å². The molecular weight excluding hydrogens is 292 g/mol. The molecule has 2 fully saturated rings. The van der Waals surface area contributed by atoms with Gasteiger partial charge in [-0.1, -0.05) is 12.1 Å². The monoisotopic (exact) mass is 318 g/mol. The number of carbonyl (C=O) groups excluding carboxylic acids is 1. The van der Waals surface area contributed by atoms with Crippen LogP contribution in [0.25, 0.3) is 0 Å². The summed E-state index contributed by atoms with van der Waals surface area (Å²) in [5.41, 5.74) is 0.292. The Morgan fingerprint density at radius 2 is 2.00 bits per heavy atom. The molecule has 1 N–H and O–H groups in total. The number of nitrogens with zero attached hydrogens (tertiary/aromatic N) is 1. The van der Waals surface area contributed by atoms with E-state index in [-0.39, 0.29) is 11.8 Å². The van der Waals surface area contributed by atoms with Crippen LogP contribution >= 0.6 is 0 Å². The first-order valence-corrected chi connectivity index (χ1v) is 8.38. The molecule has 0 bridgehead atoms. The lowest BCUT2D eigenvalue weighted by Gasteiger charge is -2.25. The summed E-state index contributed by atoms with van der Waals surface area (Å²) in [6.07, 6.45) is 3.33. The molecule has 1 aromatic rings. The van der Waals surface area contributed by atoms with E-state index in [0.29, 0.717) is 18.6 Å². The number of amides is 1. The van der Waals surface area contributed by atoms with Crippen LogP contribution in [0.15, 0.2) is 24.3 Å². The summed E-state index contributed by atoms with van der Waals surface area (Å²) < 4.78 is 11.0. The molecule has 0 radical (unpaired) electrons. The quantitative estimate of drug-likeness (QED) is 0.871. The van der Waals surface area contributed by atoms with Gasteiger partial charge in [-0.15, -0.1) is 0 Å². The predicted octanol–water partition coefficient (Wildman–Crippen LogP) is 1.92. The van der Waals surface area contributed by atoms with Gasteiger partial charge in [0.2, 0.25) is 5.91 Å². The van der Waals surface area contributed by atoms with E-state index in [1.165, 1.54) is 0 Å². The van der Waals surface area contributed by atoms with Gasteiger partial charge < -0.3 is 19.7 Å². The molecule has 5 heteroatoms. The number of methoxy groups -OCH3 is 1. The molecule has 3 rings (SSSR count). The maximum atomic E-state index is 12.6. The lowest BCUT2D eigenvalue weighted by molar-refractivity contribution is -0.132. The van der Waals surface area contributed by atoms with Crippen molar-refractivity contribution in [2.45, 2.75) is 19.3 Å². The topological polar surface area (TPSA) is 50.8 Å². The summed E-state index contributed by atoms with van der Waals surface area (Å²) in [5, 5.41) is 3.38. The smallest absolute Gasteiger partial charge is 0.226 e. The van der Waals surface area contributed by atoms with Crippen LogP contribution in [0.1, 0.15) is 19.3 Å². The van der Waals surface area contributed by atoms with Crippen molar-refractivity contribution in [3.63, 3.8) is 0 Å². The SMILES string of the molecule is COc1ccccc1OCCN(C)C(=O)C1CC12CCNCC2. The van der Waals surface area contributed by atoms with Gasteiger partial charge in [-0.05, 0) is 49.9 Å². The second-order valence-electron chi connectivity index (χ2n) is 6.63. The highest BCUT2D eigenvalue weighted by Crippen LogP contribution is 2.59. The van der Waals surface area contributed by atoms with Crippen molar-refractivity contribution in [2.75, 3.05) is 40.4 Å². The Morgan fingerprint density at radius 1 is 1.30 bits per heavy atom. The molecule has 1 aliphatic carbocycles. The molecule has 1 atom stereocenters. The van der Waals surface area contributed by atoms with Crippen molar-refractivity contribution in [2.24, 2.45) is 11.3 Å². The number of ether oxygens (including phenoxy) is 2. The molecule has 1 spiro atoms. The molecule has 1 unspecified atom stereocenters. The fourth-order valence-electron chi connectivity index (χ4n) is 3.58. The van der Waals surface area contributed by atoms with E-state index >= 15 is 0 Å². The lowest BCUT2D eigenvalue weighted by atomic mass is 9.91. The number of rotatable bonds is 6. The number of para-hydroxylation sites is 2. The molecule has 1 amide bonds. The molecule has 2 aliphatic rings. The summed E-state index contributed by atoms with van der Waals surface area (Å²) >= 11 is 0. The normalized spacial score (nSPS) is 21.7. The maximum Gasteiger partial charge on any atom is 0.226 e. The minimum absolute atomic E-state index is 0.223. The van der Waals surface area contributed by atoms with E-state index < -0.39 is 0 Å². The summed E-state index contributed by atoms with van der Waals surface area (Å²) in [6, 6.07) is 7.57. The number of carbonyl (C=O) groups is 1. The minimum Gasteiger partial charge on any atom is -0.493 e. The molecule has 126 valence electrons. The molecule has 0 aromatic heterocycles. The Labute approximate surface area is 137 Å². The van der Waals surface area contributed by atoms with E-state index in [0.717, 1.165) is 43.9 Å². The standard InChI is InChI=1S/C18H26N2O3/c1-20(11-12-23-16-6-4-3-5-15(16)22-2)17(21)14-13-18(14)7-9-19-10-8-18/h3-6,14,19H,7-13H2,1-2H3. The highest BCUT2D eigenvalue weighted by Gasteiger charge is 2.58. The highest BCUT2D eigenvalue weighted by atomic mass is 16.5. The number of likely N-dealkylation sites (N-methyl/N-ethyl adjacent to an activating group) is 1. The average Bonchev–Trinajstić information content (AvgIpc) is 3.28. The minimum atomic E-state index is 0.223. The van der Waals surface area contributed by atoms with Gasteiger partial charge in [-0.25, -0.2) is 0 Å². The van der Waals surface area contributed by atoms with Crippen LogP contribution < -0.4 is 14.8 Å². The Balaban J connectivity index is 1.46. The predicted molar refractivity (Wildman–Crippen MR) is 88.8 cm³/mol. The van der Waals surface area contributed by atoms with Gasteiger partial charge >= 0.3 is 0 Å². The summed E-state index contributed by atoms with van der Waals surface area (Å²) in [5.74, 6) is 1.94. The Morgan fingerprint density at radius 3 is 2.70 bits per heavy atom. The lowest BCUT2D eigenvalue weighted by Crippen LogP contribution is -2.36. The fraction of sp³-hybridized carbons (Fsp3) is 0.611. The Kier molecular flexibility index (Phi) is 4.76. The summed E-state index contributed by atoms with van der Waals surface area (Å²) in [4.78, 5) is 14.4. The first-order valence-electron chi connectivity index (χ1n) is 8.38. The molecule has 1 heterocycles. The third-order valence-electron chi connectivity index (χ3n) is 5.22. The average molecular weight is 318 g/mol. The Bertz CT molecular complexity index is 555. The van der Waals surface area contributed by atoms with Crippen molar-refractivity contribution in [1.82, 2.24) is 10.2 Å². The van der Waals surface area contributed by atoms with Gasteiger partial charge in [-0.3, -0.25) is 4.79 Å². The number of nitrogens with one attached hydrogen (secondary N) is 1. The van der Waals surface area contributed by atoms with Crippen LogP contribution in [0.5, 0.6) is 11.5 Å². The van der Waals surface area contributed by atoms with Crippen molar-refractivity contribution in [3.05, 3.63) is 24.3 Å². The van der Waals surface area contributed by atoms with E-state index in [4.69, 9.17) is 9.47 Å². The first-order chi connectivity index (χ1) is 11.2. The summed E-state index contributed by atoms with van der Waals surface area (Å²) in [6.45, 7) is 3.17. The third kappa shape index (κ3) is 3.44. The highest BCUT2D eigenvalue weighted by molar-refractivity contribution is 5.82. The zero-order chi connectivity index (χ0) is 16.3. The van der Waals surface area contributed by atoms with Crippen LogP contribution in [0.2, 0.25) is 0 Å². The second-order valence-corrected chi connectivity index (χ2v) is 6.63. The van der Waals surface area contributed by atoms with Crippen LogP contribution in [0, 0.1) is 11.3 Å². The van der Waals surface area contributed by atoms with Crippen molar-refractivity contribution in [3.8, 4) is 11.5 Å². The summed E-state index contributed by atoms with van der Waals surface area (Å²) in [7, 11) is 3.50. The molecule has 1 saturated heterocycles. The van der Waals surface area contributed by atoms with Crippen molar-refractivity contribution >= 4 is 5.91 Å². The molecule has 1 saturated carbocycles. The molecular formula is C18H26N2O3. The van der Waals surface area contributed by atoms with E-state index in [1.54, 1.807) is 7.11 Å². The van der Waals surface area contributed by atoms with Gasteiger partial charge in [-0.2, -0.15) is 0 Å².